The fourth-order valence-corrected chi connectivity index (χ4v) is 3.11. The highest BCUT2D eigenvalue weighted by Gasteiger charge is 2.10. The first kappa shape index (κ1) is 13.6. The minimum absolute atomic E-state index is 0.0460. The van der Waals surface area contributed by atoms with Crippen LogP contribution >= 0.6 is 11.3 Å². The number of thiophene rings is 1. The highest BCUT2D eigenvalue weighted by molar-refractivity contribution is 7.20. The van der Waals surface area contributed by atoms with E-state index in [1.54, 1.807) is 0 Å². The highest BCUT2D eigenvalue weighted by Crippen LogP contribution is 2.27. The lowest BCUT2D eigenvalue weighted by atomic mass is 10.1. The lowest BCUT2D eigenvalue weighted by Crippen LogP contribution is -2.21. The van der Waals surface area contributed by atoms with Gasteiger partial charge in [-0.15, -0.1) is 11.3 Å². The van der Waals surface area contributed by atoms with Crippen molar-refractivity contribution in [2.45, 2.75) is 13.5 Å². The molecule has 3 nitrogen and oxygen atoms in total. The number of nitrogens with two attached hydrogens (primary N) is 1. The summed E-state index contributed by atoms with van der Waals surface area (Å²) in [6.45, 7) is 2.58. The fourth-order valence-electron chi connectivity index (χ4n) is 2.15. The SMILES string of the molecule is Cc1ccc(CNC(=O)c2cc3cc(N)ccc3s2)cc1. The number of anilines is 1. The average Bonchev–Trinajstić information content (AvgIpc) is 2.89. The Bertz CT molecular complexity index is 790. The number of hydrogen-bond donors (Lipinski definition) is 2. The van der Waals surface area contributed by atoms with Crippen molar-refractivity contribution < 1.29 is 4.79 Å². The Labute approximate surface area is 127 Å². The first-order valence-electron chi connectivity index (χ1n) is 6.74. The van der Waals surface area contributed by atoms with Crippen molar-refractivity contribution in [3.05, 3.63) is 64.5 Å². The van der Waals surface area contributed by atoms with E-state index in [2.05, 4.69) is 5.32 Å². The van der Waals surface area contributed by atoms with Gasteiger partial charge in [0.05, 0.1) is 4.88 Å². The molecule has 1 aromatic heterocycles. The summed E-state index contributed by atoms with van der Waals surface area (Å²) in [5.41, 5.74) is 8.79. The van der Waals surface area contributed by atoms with Gasteiger partial charge in [-0.05, 0) is 42.1 Å². The van der Waals surface area contributed by atoms with E-state index >= 15 is 0 Å². The molecule has 0 aliphatic carbocycles. The summed E-state index contributed by atoms with van der Waals surface area (Å²) < 4.78 is 1.07. The molecular formula is C17H16N2OS. The third kappa shape index (κ3) is 3.06. The molecule has 0 radical (unpaired) electrons. The van der Waals surface area contributed by atoms with Crippen LogP contribution in [0.4, 0.5) is 5.69 Å². The molecule has 21 heavy (non-hydrogen) atoms. The van der Waals surface area contributed by atoms with Crippen LogP contribution in [0.2, 0.25) is 0 Å². The van der Waals surface area contributed by atoms with Crippen LogP contribution in [0.1, 0.15) is 20.8 Å². The lowest BCUT2D eigenvalue weighted by Gasteiger charge is -2.04. The molecule has 1 heterocycles. The molecule has 0 saturated carbocycles. The molecule has 3 rings (SSSR count). The summed E-state index contributed by atoms with van der Waals surface area (Å²) in [4.78, 5) is 12.9. The van der Waals surface area contributed by atoms with E-state index in [0.29, 0.717) is 17.1 Å². The minimum atomic E-state index is -0.0460. The maximum atomic E-state index is 12.2. The van der Waals surface area contributed by atoms with Crippen LogP contribution in [0.25, 0.3) is 10.1 Å². The summed E-state index contributed by atoms with van der Waals surface area (Å²) in [6, 6.07) is 15.7. The molecule has 2 aromatic carbocycles. The van der Waals surface area contributed by atoms with E-state index in [0.717, 1.165) is 15.6 Å². The molecular weight excluding hydrogens is 280 g/mol. The molecule has 0 saturated heterocycles. The monoisotopic (exact) mass is 296 g/mol. The number of carbonyl (C=O) groups excluding carboxylic acids is 1. The molecule has 0 aliphatic heterocycles. The van der Waals surface area contributed by atoms with Crippen LogP contribution in [0.3, 0.4) is 0 Å². The maximum Gasteiger partial charge on any atom is 0.261 e. The van der Waals surface area contributed by atoms with Crippen LogP contribution in [-0.4, -0.2) is 5.91 Å². The summed E-state index contributed by atoms with van der Waals surface area (Å²) in [7, 11) is 0. The Hall–Kier alpha value is -2.33. The Morgan fingerprint density at radius 1 is 1.14 bits per heavy atom. The van der Waals surface area contributed by atoms with Crippen molar-refractivity contribution >= 4 is 33.0 Å². The number of amides is 1. The van der Waals surface area contributed by atoms with Crippen LogP contribution in [-0.2, 0) is 6.54 Å². The van der Waals surface area contributed by atoms with Crippen molar-refractivity contribution in [1.29, 1.82) is 0 Å². The van der Waals surface area contributed by atoms with E-state index in [9.17, 15) is 4.79 Å². The molecule has 3 N–H and O–H groups in total. The van der Waals surface area contributed by atoms with Crippen molar-refractivity contribution in [2.75, 3.05) is 5.73 Å². The summed E-state index contributed by atoms with van der Waals surface area (Å²) in [6.07, 6.45) is 0. The summed E-state index contributed by atoms with van der Waals surface area (Å²) in [5.74, 6) is -0.0460. The van der Waals surface area contributed by atoms with Crippen molar-refractivity contribution in [2.24, 2.45) is 0 Å². The predicted octanol–water partition coefficient (Wildman–Crippen LogP) is 3.72. The van der Waals surface area contributed by atoms with Gasteiger partial charge in [-0.1, -0.05) is 29.8 Å². The van der Waals surface area contributed by atoms with Gasteiger partial charge < -0.3 is 11.1 Å². The molecule has 0 atom stereocenters. The Morgan fingerprint density at radius 2 is 1.90 bits per heavy atom. The van der Waals surface area contributed by atoms with Gasteiger partial charge in [0.1, 0.15) is 0 Å². The summed E-state index contributed by atoms with van der Waals surface area (Å²) >= 11 is 1.48. The third-order valence-electron chi connectivity index (χ3n) is 3.34. The zero-order valence-corrected chi connectivity index (χ0v) is 12.5. The van der Waals surface area contributed by atoms with Crippen LogP contribution in [0.15, 0.2) is 48.5 Å². The van der Waals surface area contributed by atoms with E-state index in [1.165, 1.54) is 16.9 Å². The minimum Gasteiger partial charge on any atom is -0.399 e. The number of fused-ring (bicyclic) bond motifs is 1. The zero-order valence-electron chi connectivity index (χ0n) is 11.7. The largest absolute Gasteiger partial charge is 0.399 e. The smallest absolute Gasteiger partial charge is 0.261 e. The molecule has 0 bridgehead atoms. The number of nitrogen functional groups attached to an aromatic ring is 1. The number of benzene rings is 2. The maximum absolute atomic E-state index is 12.2. The quantitative estimate of drug-likeness (QED) is 0.724. The van der Waals surface area contributed by atoms with E-state index in [4.69, 9.17) is 5.73 Å². The van der Waals surface area contributed by atoms with E-state index < -0.39 is 0 Å². The molecule has 0 fully saturated rings. The number of nitrogens with one attached hydrogen (secondary N) is 1. The van der Waals surface area contributed by atoms with Crippen LogP contribution in [0.5, 0.6) is 0 Å². The Morgan fingerprint density at radius 3 is 2.67 bits per heavy atom. The molecule has 0 spiro atoms. The second kappa shape index (κ2) is 5.58. The van der Waals surface area contributed by atoms with Gasteiger partial charge in [-0.25, -0.2) is 0 Å². The van der Waals surface area contributed by atoms with Gasteiger partial charge in [0.25, 0.3) is 5.91 Å². The van der Waals surface area contributed by atoms with Crippen molar-refractivity contribution in [3.63, 3.8) is 0 Å². The zero-order chi connectivity index (χ0) is 14.8. The Kier molecular flexibility index (Phi) is 3.62. The molecule has 4 heteroatoms. The topological polar surface area (TPSA) is 55.1 Å². The van der Waals surface area contributed by atoms with Gasteiger partial charge in [-0.3, -0.25) is 4.79 Å². The number of aryl methyl sites for hydroxylation is 1. The summed E-state index contributed by atoms with van der Waals surface area (Å²) in [5, 5.41) is 3.96. The molecule has 3 aromatic rings. The third-order valence-corrected chi connectivity index (χ3v) is 4.45. The van der Waals surface area contributed by atoms with Gasteiger partial charge in [0.2, 0.25) is 0 Å². The second-order valence-corrected chi connectivity index (χ2v) is 6.16. The standard InChI is InChI=1S/C17H16N2OS/c1-11-2-4-12(5-3-11)10-19-17(20)16-9-13-8-14(18)6-7-15(13)21-16/h2-9H,10,18H2,1H3,(H,19,20). The average molecular weight is 296 g/mol. The van der Waals surface area contributed by atoms with Gasteiger partial charge >= 0.3 is 0 Å². The fraction of sp³-hybridized carbons (Fsp3) is 0.118. The number of rotatable bonds is 3. The first-order valence-corrected chi connectivity index (χ1v) is 7.56. The Balaban J connectivity index is 1.73. The lowest BCUT2D eigenvalue weighted by molar-refractivity contribution is 0.0955. The first-order chi connectivity index (χ1) is 10.1. The van der Waals surface area contributed by atoms with E-state index in [1.807, 2.05) is 55.5 Å². The molecule has 0 unspecified atom stereocenters. The van der Waals surface area contributed by atoms with Gasteiger partial charge in [0, 0.05) is 16.9 Å². The molecule has 0 aliphatic rings. The highest BCUT2D eigenvalue weighted by atomic mass is 32.1. The second-order valence-electron chi connectivity index (χ2n) is 5.08. The van der Waals surface area contributed by atoms with Crippen LogP contribution < -0.4 is 11.1 Å². The molecule has 1 amide bonds. The number of hydrogen-bond acceptors (Lipinski definition) is 3. The van der Waals surface area contributed by atoms with Crippen molar-refractivity contribution in [3.8, 4) is 0 Å². The molecule has 106 valence electrons. The normalized spacial score (nSPS) is 10.7. The van der Waals surface area contributed by atoms with Gasteiger partial charge in [-0.2, -0.15) is 0 Å². The predicted molar refractivity (Wildman–Crippen MR) is 88.6 cm³/mol. The number of carbonyl (C=O) groups is 1. The van der Waals surface area contributed by atoms with Crippen LogP contribution in [0, 0.1) is 6.92 Å². The van der Waals surface area contributed by atoms with E-state index in [-0.39, 0.29) is 5.91 Å². The van der Waals surface area contributed by atoms with Gasteiger partial charge in [0.15, 0.2) is 0 Å². The van der Waals surface area contributed by atoms with Crippen molar-refractivity contribution in [1.82, 2.24) is 5.32 Å².